The van der Waals surface area contributed by atoms with Crippen molar-refractivity contribution >= 4 is 23.7 Å². The average Bonchev–Trinajstić information content (AvgIpc) is 3.05. The van der Waals surface area contributed by atoms with Gasteiger partial charge < -0.3 is 32.5 Å². The van der Waals surface area contributed by atoms with Gasteiger partial charge in [-0.05, 0) is 38.0 Å². The molecule has 1 saturated heterocycles. The second-order valence-corrected chi connectivity index (χ2v) is 7.27. The van der Waals surface area contributed by atoms with E-state index in [4.69, 9.17) is 17.2 Å². The standard InChI is InChI=1S/C17H32N6O4/c1-10(2)9-11(18)14(24)22-12(5-3-7-21-17(19)20)15(25)23-8-4-6-13(23)16(26)27/h10-13H,3-9,18H2,1-2H3,(H,22,24)(H,26,27)(H4,19,20,21)/t11-,12+,13-/m0/s1. The molecule has 0 saturated carbocycles. The van der Waals surface area contributed by atoms with E-state index in [1.54, 1.807) is 0 Å². The van der Waals surface area contributed by atoms with E-state index in [-0.39, 0.29) is 11.9 Å². The molecule has 1 aliphatic rings. The van der Waals surface area contributed by atoms with Crippen LogP contribution in [-0.2, 0) is 14.4 Å². The number of aliphatic imine (C=N–C) groups is 1. The summed E-state index contributed by atoms with van der Waals surface area (Å²) in [7, 11) is 0. The van der Waals surface area contributed by atoms with E-state index < -0.39 is 35.9 Å². The van der Waals surface area contributed by atoms with Crippen LogP contribution in [0.25, 0.3) is 0 Å². The molecule has 0 unspecified atom stereocenters. The number of carboxylic acids is 1. The lowest BCUT2D eigenvalue weighted by molar-refractivity contribution is -0.149. The predicted molar refractivity (Wildman–Crippen MR) is 102 cm³/mol. The van der Waals surface area contributed by atoms with Gasteiger partial charge in [0, 0.05) is 13.1 Å². The largest absolute Gasteiger partial charge is 0.480 e. The zero-order chi connectivity index (χ0) is 20.6. The number of guanidine groups is 1. The van der Waals surface area contributed by atoms with Crippen LogP contribution in [0.1, 0.15) is 46.0 Å². The van der Waals surface area contributed by atoms with Gasteiger partial charge in [-0.2, -0.15) is 0 Å². The van der Waals surface area contributed by atoms with Crippen LogP contribution < -0.4 is 22.5 Å². The third-order valence-electron chi connectivity index (χ3n) is 4.44. The summed E-state index contributed by atoms with van der Waals surface area (Å²) in [6.45, 7) is 4.57. The number of hydrogen-bond donors (Lipinski definition) is 5. The molecular formula is C17H32N6O4. The van der Waals surface area contributed by atoms with Gasteiger partial charge in [-0.3, -0.25) is 14.6 Å². The van der Waals surface area contributed by atoms with Crippen LogP contribution in [0, 0.1) is 5.92 Å². The first kappa shape index (κ1) is 22.7. The lowest BCUT2D eigenvalue weighted by Crippen LogP contribution is -2.54. The van der Waals surface area contributed by atoms with Crippen molar-refractivity contribution in [1.82, 2.24) is 10.2 Å². The van der Waals surface area contributed by atoms with Gasteiger partial charge in [-0.25, -0.2) is 4.79 Å². The number of carbonyl (C=O) groups excluding carboxylic acids is 2. The van der Waals surface area contributed by atoms with Crippen LogP contribution in [0.3, 0.4) is 0 Å². The first-order valence-electron chi connectivity index (χ1n) is 9.28. The average molecular weight is 384 g/mol. The van der Waals surface area contributed by atoms with Crippen molar-refractivity contribution in [2.75, 3.05) is 13.1 Å². The predicted octanol–water partition coefficient (Wildman–Crippen LogP) is -1.03. The lowest BCUT2D eigenvalue weighted by Gasteiger charge is -2.28. The molecule has 1 aliphatic heterocycles. The van der Waals surface area contributed by atoms with Crippen molar-refractivity contribution in [3.05, 3.63) is 0 Å². The SMILES string of the molecule is CC(C)C[C@H](N)C(=O)N[C@H](CCCN=C(N)N)C(=O)N1CCC[C@H]1C(=O)O. The van der Waals surface area contributed by atoms with Crippen LogP contribution in [0.15, 0.2) is 4.99 Å². The van der Waals surface area contributed by atoms with Gasteiger partial charge in [0.25, 0.3) is 0 Å². The monoisotopic (exact) mass is 384 g/mol. The summed E-state index contributed by atoms with van der Waals surface area (Å²) < 4.78 is 0. The highest BCUT2D eigenvalue weighted by molar-refractivity contribution is 5.92. The molecule has 0 aromatic heterocycles. The molecule has 3 atom stereocenters. The highest BCUT2D eigenvalue weighted by Gasteiger charge is 2.37. The van der Waals surface area contributed by atoms with E-state index in [1.807, 2.05) is 13.8 Å². The van der Waals surface area contributed by atoms with Crippen molar-refractivity contribution in [3.63, 3.8) is 0 Å². The molecule has 1 fully saturated rings. The van der Waals surface area contributed by atoms with Crippen LogP contribution in [0.4, 0.5) is 0 Å². The molecule has 154 valence electrons. The first-order chi connectivity index (χ1) is 12.6. The highest BCUT2D eigenvalue weighted by atomic mass is 16.4. The van der Waals surface area contributed by atoms with Crippen molar-refractivity contribution in [2.45, 2.75) is 64.1 Å². The Morgan fingerprint density at radius 3 is 2.52 bits per heavy atom. The number of hydrogen-bond acceptors (Lipinski definition) is 5. The molecule has 0 radical (unpaired) electrons. The highest BCUT2D eigenvalue weighted by Crippen LogP contribution is 2.19. The minimum Gasteiger partial charge on any atom is -0.480 e. The van der Waals surface area contributed by atoms with Crippen molar-refractivity contribution < 1.29 is 19.5 Å². The number of likely N-dealkylation sites (tertiary alicyclic amines) is 1. The Bertz CT molecular complexity index is 562. The zero-order valence-electron chi connectivity index (χ0n) is 16.1. The molecule has 1 heterocycles. The molecule has 10 heteroatoms. The van der Waals surface area contributed by atoms with Gasteiger partial charge in [0.2, 0.25) is 11.8 Å². The Morgan fingerprint density at radius 1 is 1.30 bits per heavy atom. The van der Waals surface area contributed by atoms with Crippen LogP contribution >= 0.6 is 0 Å². The summed E-state index contributed by atoms with van der Waals surface area (Å²) in [5.41, 5.74) is 16.5. The van der Waals surface area contributed by atoms with Crippen LogP contribution in [0.2, 0.25) is 0 Å². The van der Waals surface area contributed by atoms with E-state index in [9.17, 15) is 19.5 Å². The summed E-state index contributed by atoms with van der Waals surface area (Å²) in [6.07, 6.45) is 2.26. The topological polar surface area (TPSA) is 177 Å². The molecule has 10 nitrogen and oxygen atoms in total. The van der Waals surface area contributed by atoms with Crippen molar-refractivity contribution in [1.29, 1.82) is 0 Å². The molecule has 1 rings (SSSR count). The summed E-state index contributed by atoms with van der Waals surface area (Å²) in [6, 6.07) is -2.45. The minimum absolute atomic E-state index is 0.0497. The van der Waals surface area contributed by atoms with E-state index in [2.05, 4.69) is 10.3 Å². The van der Waals surface area contributed by atoms with E-state index in [0.29, 0.717) is 45.2 Å². The summed E-state index contributed by atoms with van der Waals surface area (Å²) in [5, 5.41) is 12.0. The molecule has 0 aromatic carbocycles. The van der Waals surface area contributed by atoms with Gasteiger partial charge in [0.15, 0.2) is 5.96 Å². The van der Waals surface area contributed by atoms with Gasteiger partial charge >= 0.3 is 5.97 Å². The first-order valence-corrected chi connectivity index (χ1v) is 9.28. The fraction of sp³-hybridized carbons (Fsp3) is 0.765. The third-order valence-corrected chi connectivity index (χ3v) is 4.44. The molecule has 0 spiro atoms. The summed E-state index contributed by atoms with van der Waals surface area (Å²) in [4.78, 5) is 41.8. The third kappa shape index (κ3) is 7.41. The Labute approximate surface area is 159 Å². The fourth-order valence-electron chi connectivity index (χ4n) is 3.14. The number of nitrogens with two attached hydrogens (primary N) is 3. The van der Waals surface area contributed by atoms with Gasteiger partial charge in [-0.1, -0.05) is 13.8 Å². The lowest BCUT2D eigenvalue weighted by atomic mass is 10.0. The quantitative estimate of drug-likeness (QED) is 0.182. The molecular weight excluding hydrogens is 352 g/mol. The Kier molecular flexibility index (Phi) is 8.99. The van der Waals surface area contributed by atoms with Crippen LogP contribution in [-0.4, -0.2) is 65.0 Å². The number of nitrogens with one attached hydrogen (secondary N) is 1. The number of aliphatic carboxylic acids is 1. The van der Waals surface area contributed by atoms with Gasteiger partial charge in [0.05, 0.1) is 6.04 Å². The van der Waals surface area contributed by atoms with Crippen molar-refractivity contribution in [3.8, 4) is 0 Å². The Morgan fingerprint density at radius 2 is 1.96 bits per heavy atom. The van der Waals surface area contributed by atoms with Crippen LogP contribution in [0.5, 0.6) is 0 Å². The Balaban J connectivity index is 2.82. The summed E-state index contributed by atoms with van der Waals surface area (Å²) in [5.74, 6) is -1.68. The number of carboxylic acid groups (broad SMARTS) is 1. The number of rotatable bonds is 10. The number of amides is 2. The van der Waals surface area contributed by atoms with Gasteiger partial charge in [-0.15, -0.1) is 0 Å². The number of carbonyl (C=O) groups is 3. The zero-order valence-corrected chi connectivity index (χ0v) is 16.1. The van der Waals surface area contributed by atoms with E-state index >= 15 is 0 Å². The Hall–Kier alpha value is -2.36. The van der Waals surface area contributed by atoms with E-state index in [0.717, 1.165) is 0 Å². The maximum atomic E-state index is 12.9. The number of nitrogens with zero attached hydrogens (tertiary/aromatic N) is 2. The maximum absolute atomic E-state index is 12.9. The normalized spacial score (nSPS) is 18.8. The molecule has 0 aliphatic carbocycles. The molecule has 2 amide bonds. The smallest absolute Gasteiger partial charge is 0.326 e. The van der Waals surface area contributed by atoms with Crippen molar-refractivity contribution in [2.24, 2.45) is 28.1 Å². The maximum Gasteiger partial charge on any atom is 0.326 e. The fourth-order valence-corrected chi connectivity index (χ4v) is 3.14. The molecule has 27 heavy (non-hydrogen) atoms. The minimum atomic E-state index is -1.04. The molecule has 0 aromatic rings. The molecule has 8 N–H and O–H groups in total. The molecule has 0 bridgehead atoms. The second kappa shape index (κ2) is 10.7. The second-order valence-electron chi connectivity index (χ2n) is 7.27. The summed E-state index contributed by atoms with van der Waals surface area (Å²) >= 11 is 0. The van der Waals surface area contributed by atoms with E-state index in [1.165, 1.54) is 4.90 Å². The van der Waals surface area contributed by atoms with Gasteiger partial charge in [0.1, 0.15) is 12.1 Å².